The minimum Gasteiger partial charge on any atom is -0.391 e. The van der Waals surface area contributed by atoms with Crippen molar-refractivity contribution in [1.29, 1.82) is 10.5 Å². The molecule has 0 unspecified atom stereocenters. The minimum absolute atomic E-state index is 0.206. The molecule has 0 aliphatic carbocycles. The van der Waals surface area contributed by atoms with Gasteiger partial charge in [-0.2, -0.15) is 15.5 Å². The van der Waals surface area contributed by atoms with Crippen LogP contribution < -0.4 is 10.2 Å². The molecule has 1 amide bonds. The lowest BCUT2D eigenvalue weighted by Gasteiger charge is -2.23. The summed E-state index contributed by atoms with van der Waals surface area (Å²) in [5, 5.41) is 20.4. The number of benzene rings is 2. The molecule has 1 aliphatic rings. The average molecular weight is 425 g/mol. The van der Waals surface area contributed by atoms with E-state index in [4.69, 9.17) is 15.3 Å². The van der Waals surface area contributed by atoms with Gasteiger partial charge in [0.1, 0.15) is 5.82 Å². The highest BCUT2D eigenvalue weighted by atomic mass is 16.6. The maximum absolute atomic E-state index is 12.0. The Hall–Kier alpha value is -4.36. The van der Waals surface area contributed by atoms with Gasteiger partial charge in [0.15, 0.2) is 0 Å². The van der Waals surface area contributed by atoms with Crippen LogP contribution in [0, 0.1) is 29.6 Å². The van der Waals surface area contributed by atoms with Crippen molar-refractivity contribution in [1.82, 2.24) is 5.32 Å². The number of hydrogen-bond acceptors (Lipinski definition) is 6. The van der Waals surface area contributed by atoms with Crippen LogP contribution in [0.2, 0.25) is 0 Å². The highest BCUT2D eigenvalue weighted by molar-refractivity contribution is 6.01. The summed E-state index contributed by atoms with van der Waals surface area (Å²) in [5.74, 6) is 0.591. The molecule has 0 bridgehead atoms. The standard InChI is InChI=1S/C25H23N5O2/c1-19-17-22(30(15-5-13-26)16-6-14-27)11-10-21(19)18-23-28-24(32-25(31)29-23)12-9-20-7-3-2-4-8-20/h2-4,7-12,17-18H,5-6,15-16H2,1H3,(H,29,31). The van der Waals surface area contributed by atoms with E-state index in [1.807, 2.05) is 66.4 Å². The summed E-state index contributed by atoms with van der Waals surface area (Å²) in [7, 11) is 0. The summed E-state index contributed by atoms with van der Waals surface area (Å²) in [6.07, 6.45) is 5.44. The molecule has 160 valence electrons. The second-order valence-corrected chi connectivity index (χ2v) is 7.08. The summed E-state index contributed by atoms with van der Waals surface area (Å²) in [4.78, 5) is 18.4. The largest absolute Gasteiger partial charge is 0.419 e. The van der Waals surface area contributed by atoms with E-state index in [9.17, 15) is 4.79 Å². The molecule has 0 spiro atoms. The maximum Gasteiger partial charge on any atom is 0.419 e. The van der Waals surface area contributed by atoms with E-state index < -0.39 is 6.09 Å². The van der Waals surface area contributed by atoms with Crippen LogP contribution in [-0.2, 0) is 4.74 Å². The molecule has 0 fully saturated rings. The lowest BCUT2D eigenvalue weighted by molar-refractivity contribution is 0.198. The predicted octanol–water partition coefficient (Wildman–Crippen LogP) is 4.78. The number of amides is 1. The summed E-state index contributed by atoms with van der Waals surface area (Å²) in [6, 6.07) is 19.8. The zero-order valence-electron chi connectivity index (χ0n) is 17.8. The number of anilines is 1. The number of aryl methyl sites for hydroxylation is 1. The molecule has 1 heterocycles. The van der Waals surface area contributed by atoms with Gasteiger partial charge >= 0.3 is 6.09 Å². The maximum atomic E-state index is 12.0. The van der Waals surface area contributed by atoms with E-state index in [0.29, 0.717) is 31.8 Å². The summed E-state index contributed by atoms with van der Waals surface area (Å²) < 4.78 is 5.14. The van der Waals surface area contributed by atoms with Gasteiger partial charge in [-0.25, -0.2) is 4.79 Å². The van der Waals surface area contributed by atoms with Gasteiger partial charge in [0.05, 0.1) is 25.0 Å². The number of rotatable bonds is 8. The van der Waals surface area contributed by atoms with Crippen LogP contribution in [-0.4, -0.2) is 25.1 Å². The van der Waals surface area contributed by atoms with Crippen molar-refractivity contribution in [2.45, 2.75) is 19.8 Å². The highest BCUT2D eigenvalue weighted by Gasteiger charge is 2.16. The molecule has 0 saturated carbocycles. The van der Waals surface area contributed by atoms with Crippen LogP contribution in [0.5, 0.6) is 0 Å². The minimum atomic E-state index is -0.590. The van der Waals surface area contributed by atoms with Gasteiger partial charge in [0, 0.05) is 24.9 Å². The first-order valence-electron chi connectivity index (χ1n) is 10.2. The zero-order chi connectivity index (χ0) is 22.8. The van der Waals surface area contributed by atoms with E-state index >= 15 is 0 Å². The second kappa shape index (κ2) is 11.1. The van der Waals surface area contributed by atoms with Crippen LogP contribution >= 0.6 is 0 Å². The van der Waals surface area contributed by atoms with Gasteiger partial charge in [0.25, 0.3) is 0 Å². The topological polar surface area (TPSA) is 102 Å². The first kappa shape index (κ1) is 22.3. The lowest BCUT2D eigenvalue weighted by atomic mass is 10.1. The Morgan fingerprint density at radius 3 is 2.44 bits per heavy atom. The predicted molar refractivity (Wildman–Crippen MR) is 124 cm³/mol. The number of cyclic esters (lactones) is 1. The fourth-order valence-corrected chi connectivity index (χ4v) is 3.17. The molecule has 0 saturated heterocycles. The Balaban J connectivity index is 1.81. The van der Waals surface area contributed by atoms with Crippen molar-refractivity contribution in [2.75, 3.05) is 18.0 Å². The van der Waals surface area contributed by atoms with Crippen LogP contribution in [0.15, 0.2) is 65.4 Å². The van der Waals surface area contributed by atoms with Crippen molar-refractivity contribution in [3.8, 4) is 12.1 Å². The molecule has 3 rings (SSSR count). The van der Waals surface area contributed by atoms with E-state index in [2.05, 4.69) is 22.4 Å². The number of carbonyl (C=O) groups is 1. The molecule has 1 N–H and O–H groups in total. The molecule has 1 aliphatic heterocycles. The van der Waals surface area contributed by atoms with Crippen molar-refractivity contribution >= 4 is 29.8 Å². The van der Waals surface area contributed by atoms with Crippen LogP contribution in [0.4, 0.5) is 10.5 Å². The van der Waals surface area contributed by atoms with Crippen LogP contribution in [0.3, 0.4) is 0 Å². The molecule has 7 heteroatoms. The Morgan fingerprint density at radius 1 is 1.06 bits per heavy atom. The number of alkyl carbamates (subject to hydrolysis) is 1. The smallest absolute Gasteiger partial charge is 0.391 e. The number of ether oxygens (including phenoxy) is 1. The van der Waals surface area contributed by atoms with E-state index in [0.717, 1.165) is 22.4 Å². The molecular weight excluding hydrogens is 402 g/mol. The Labute approximate surface area is 187 Å². The monoisotopic (exact) mass is 425 g/mol. The second-order valence-electron chi connectivity index (χ2n) is 7.08. The molecule has 0 atom stereocenters. The molecule has 7 nitrogen and oxygen atoms in total. The van der Waals surface area contributed by atoms with Gasteiger partial charge < -0.3 is 9.64 Å². The molecule has 32 heavy (non-hydrogen) atoms. The van der Waals surface area contributed by atoms with E-state index in [-0.39, 0.29) is 5.90 Å². The van der Waals surface area contributed by atoms with Gasteiger partial charge in [-0.1, -0.05) is 36.4 Å². The van der Waals surface area contributed by atoms with E-state index in [1.165, 1.54) is 0 Å². The average Bonchev–Trinajstić information content (AvgIpc) is 2.80. The number of nitrogens with one attached hydrogen (secondary N) is 1. The molecule has 0 radical (unpaired) electrons. The van der Waals surface area contributed by atoms with Crippen molar-refractivity contribution in [3.05, 3.63) is 77.1 Å². The summed E-state index contributed by atoms with van der Waals surface area (Å²) in [6.45, 7) is 3.09. The fourth-order valence-electron chi connectivity index (χ4n) is 3.17. The molecule has 2 aromatic carbocycles. The molecule has 2 aromatic rings. The Bertz CT molecular complexity index is 1120. The third kappa shape index (κ3) is 6.32. The SMILES string of the molecule is Cc1cc(N(CCC#N)CCC#N)ccc1C=C1N=C(C=Cc2ccccc2)OC(=O)N1. The van der Waals surface area contributed by atoms with Crippen molar-refractivity contribution < 1.29 is 9.53 Å². The normalized spacial score (nSPS) is 14.3. The van der Waals surface area contributed by atoms with Crippen molar-refractivity contribution in [3.63, 3.8) is 0 Å². The molecule has 0 aromatic heterocycles. The van der Waals surface area contributed by atoms with Crippen molar-refractivity contribution in [2.24, 2.45) is 4.99 Å². The zero-order valence-corrected chi connectivity index (χ0v) is 17.8. The Morgan fingerprint density at radius 2 is 1.78 bits per heavy atom. The fraction of sp³-hybridized carbons (Fsp3) is 0.200. The number of hydrogen-bond donors (Lipinski definition) is 1. The van der Waals surface area contributed by atoms with Gasteiger partial charge in [-0.05, 0) is 47.9 Å². The number of carbonyl (C=O) groups excluding carboxylic acids is 1. The third-order valence-electron chi connectivity index (χ3n) is 4.77. The first-order chi connectivity index (χ1) is 15.6. The van der Waals surface area contributed by atoms with Crippen LogP contribution in [0.25, 0.3) is 12.2 Å². The molecular formula is C25H23N5O2. The third-order valence-corrected chi connectivity index (χ3v) is 4.77. The Kier molecular flexibility index (Phi) is 7.78. The number of aliphatic imine (C=N–C) groups is 1. The van der Waals surface area contributed by atoms with Gasteiger partial charge in [-0.3, -0.25) is 5.32 Å². The number of nitrogens with zero attached hydrogens (tertiary/aromatic N) is 4. The summed E-state index contributed by atoms with van der Waals surface area (Å²) >= 11 is 0. The van der Waals surface area contributed by atoms with E-state index in [1.54, 1.807) is 12.2 Å². The van der Waals surface area contributed by atoms with Gasteiger partial charge in [0.2, 0.25) is 5.90 Å². The highest BCUT2D eigenvalue weighted by Crippen LogP contribution is 2.22. The number of nitriles is 2. The summed E-state index contributed by atoms with van der Waals surface area (Å²) in [5.41, 5.74) is 3.79. The lowest BCUT2D eigenvalue weighted by Crippen LogP contribution is -2.30. The quantitative estimate of drug-likeness (QED) is 0.656. The van der Waals surface area contributed by atoms with Gasteiger partial charge in [-0.15, -0.1) is 0 Å². The first-order valence-corrected chi connectivity index (χ1v) is 10.2. The van der Waals surface area contributed by atoms with Crippen LogP contribution in [0.1, 0.15) is 29.5 Å².